The lowest BCUT2D eigenvalue weighted by Crippen LogP contribution is -2.34. The van der Waals surface area contributed by atoms with E-state index in [9.17, 15) is 4.79 Å². The van der Waals surface area contributed by atoms with E-state index < -0.39 is 0 Å². The van der Waals surface area contributed by atoms with Gasteiger partial charge in [-0.2, -0.15) is 0 Å². The first-order valence-corrected chi connectivity index (χ1v) is 6.30. The number of nitrogens with zero attached hydrogens (tertiary/aromatic N) is 1. The second-order valence-corrected chi connectivity index (χ2v) is 4.72. The van der Waals surface area contributed by atoms with Crippen LogP contribution in [0, 0.1) is 0 Å². The first-order chi connectivity index (χ1) is 8.13. The van der Waals surface area contributed by atoms with Gasteiger partial charge in [-0.1, -0.05) is 12.1 Å². The zero-order chi connectivity index (χ0) is 12.7. The molecule has 5 heteroatoms. The van der Waals surface area contributed by atoms with Crippen LogP contribution in [0.15, 0.2) is 28.7 Å². The van der Waals surface area contributed by atoms with Crippen LogP contribution in [-0.2, 0) is 4.79 Å². The highest BCUT2D eigenvalue weighted by Crippen LogP contribution is 2.20. The van der Waals surface area contributed by atoms with Gasteiger partial charge >= 0.3 is 0 Å². The number of anilines is 1. The molecule has 2 N–H and O–H groups in total. The molecule has 0 radical (unpaired) electrons. The van der Waals surface area contributed by atoms with E-state index in [1.165, 1.54) is 0 Å². The predicted octanol–water partition coefficient (Wildman–Crippen LogP) is 1.54. The fourth-order valence-electron chi connectivity index (χ4n) is 1.38. The Kier molecular flexibility index (Phi) is 6.18. The highest BCUT2D eigenvalue weighted by Gasteiger charge is 2.07. The van der Waals surface area contributed by atoms with Gasteiger partial charge in [0.2, 0.25) is 5.91 Å². The summed E-state index contributed by atoms with van der Waals surface area (Å²) in [5.74, 6) is -0.00416. The molecule has 0 aromatic heterocycles. The average molecular weight is 300 g/mol. The minimum Gasteiger partial charge on any atom is -0.324 e. The van der Waals surface area contributed by atoms with Gasteiger partial charge in [0.05, 0.1) is 12.2 Å². The summed E-state index contributed by atoms with van der Waals surface area (Å²) in [6.45, 7) is 2.11. The number of hydrogen-bond donors (Lipinski definition) is 2. The molecule has 0 spiro atoms. The van der Waals surface area contributed by atoms with Crippen LogP contribution in [0.2, 0.25) is 0 Å². The van der Waals surface area contributed by atoms with E-state index in [4.69, 9.17) is 0 Å². The van der Waals surface area contributed by atoms with Crippen LogP contribution in [0.5, 0.6) is 0 Å². The van der Waals surface area contributed by atoms with Crippen molar-refractivity contribution in [1.29, 1.82) is 0 Å². The smallest absolute Gasteiger partial charge is 0.238 e. The van der Waals surface area contributed by atoms with Crippen molar-refractivity contribution in [3.63, 3.8) is 0 Å². The van der Waals surface area contributed by atoms with Crippen molar-refractivity contribution in [2.75, 3.05) is 39.0 Å². The van der Waals surface area contributed by atoms with Crippen LogP contribution in [-0.4, -0.2) is 44.5 Å². The van der Waals surface area contributed by atoms with E-state index >= 15 is 0 Å². The molecule has 0 saturated heterocycles. The maximum absolute atomic E-state index is 11.7. The average Bonchev–Trinajstić information content (AvgIpc) is 2.29. The lowest BCUT2D eigenvalue weighted by Gasteiger charge is -2.16. The van der Waals surface area contributed by atoms with Gasteiger partial charge in [-0.15, -0.1) is 0 Å². The van der Waals surface area contributed by atoms with Crippen molar-refractivity contribution in [1.82, 2.24) is 10.2 Å². The molecule has 1 aromatic rings. The van der Waals surface area contributed by atoms with Crippen molar-refractivity contribution in [3.05, 3.63) is 28.7 Å². The number of carbonyl (C=O) groups is 1. The van der Waals surface area contributed by atoms with Crippen molar-refractivity contribution in [2.24, 2.45) is 0 Å². The summed E-state index contributed by atoms with van der Waals surface area (Å²) in [6.07, 6.45) is 0. The molecular weight excluding hydrogens is 282 g/mol. The SMILES string of the molecule is CNCCN(C)CC(=O)Nc1ccccc1Br. The van der Waals surface area contributed by atoms with Gasteiger partial charge in [-0.25, -0.2) is 0 Å². The van der Waals surface area contributed by atoms with E-state index in [2.05, 4.69) is 26.6 Å². The molecule has 0 aliphatic rings. The summed E-state index contributed by atoms with van der Waals surface area (Å²) in [5.41, 5.74) is 0.805. The standard InChI is InChI=1S/C12H18BrN3O/c1-14-7-8-16(2)9-12(17)15-11-6-4-3-5-10(11)13/h3-6,14H,7-9H2,1-2H3,(H,15,17). The number of para-hydroxylation sites is 1. The molecule has 94 valence electrons. The molecule has 1 amide bonds. The third-order valence-corrected chi connectivity index (χ3v) is 3.00. The Labute approximate surface area is 111 Å². The zero-order valence-corrected chi connectivity index (χ0v) is 11.8. The van der Waals surface area contributed by atoms with Crippen LogP contribution in [0.3, 0.4) is 0 Å². The Morgan fingerprint density at radius 1 is 1.41 bits per heavy atom. The van der Waals surface area contributed by atoms with Crippen LogP contribution >= 0.6 is 15.9 Å². The molecule has 0 fully saturated rings. The first kappa shape index (κ1) is 14.2. The number of amides is 1. The number of benzene rings is 1. The highest BCUT2D eigenvalue weighted by atomic mass is 79.9. The molecular formula is C12H18BrN3O. The van der Waals surface area contributed by atoms with Gasteiger partial charge in [0.15, 0.2) is 0 Å². The highest BCUT2D eigenvalue weighted by molar-refractivity contribution is 9.10. The zero-order valence-electron chi connectivity index (χ0n) is 10.2. The van der Waals surface area contributed by atoms with Gasteiger partial charge in [0.25, 0.3) is 0 Å². The monoisotopic (exact) mass is 299 g/mol. The van der Waals surface area contributed by atoms with Gasteiger partial charge in [-0.05, 0) is 42.2 Å². The molecule has 0 aliphatic carbocycles. The normalized spacial score (nSPS) is 10.6. The molecule has 0 atom stereocenters. The molecule has 17 heavy (non-hydrogen) atoms. The summed E-state index contributed by atoms with van der Waals surface area (Å²) < 4.78 is 0.895. The first-order valence-electron chi connectivity index (χ1n) is 5.51. The van der Waals surface area contributed by atoms with E-state index in [-0.39, 0.29) is 5.91 Å². The second kappa shape index (κ2) is 7.42. The third kappa shape index (κ3) is 5.30. The molecule has 1 aromatic carbocycles. The quantitative estimate of drug-likeness (QED) is 0.837. The summed E-state index contributed by atoms with van der Waals surface area (Å²) in [7, 11) is 3.83. The number of likely N-dealkylation sites (N-methyl/N-ethyl adjacent to an activating group) is 2. The summed E-state index contributed by atoms with van der Waals surface area (Å²) in [5, 5.41) is 5.92. The van der Waals surface area contributed by atoms with Gasteiger partial charge in [-0.3, -0.25) is 9.69 Å². The number of rotatable bonds is 6. The minimum atomic E-state index is -0.00416. The molecule has 1 rings (SSSR count). The van der Waals surface area contributed by atoms with Gasteiger partial charge < -0.3 is 10.6 Å². The molecule has 0 bridgehead atoms. The maximum Gasteiger partial charge on any atom is 0.238 e. The third-order valence-electron chi connectivity index (χ3n) is 2.30. The Morgan fingerprint density at radius 2 is 2.12 bits per heavy atom. The topological polar surface area (TPSA) is 44.4 Å². The minimum absolute atomic E-state index is 0.00416. The fourth-order valence-corrected chi connectivity index (χ4v) is 1.76. The Morgan fingerprint density at radius 3 is 2.76 bits per heavy atom. The van der Waals surface area contributed by atoms with Crippen LogP contribution in [0.4, 0.5) is 5.69 Å². The summed E-state index contributed by atoms with van der Waals surface area (Å²) in [4.78, 5) is 13.7. The van der Waals surface area contributed by atoms with E-state index in [0.717, 1.165) is 23.2 Å². The molecule has 0 saturated carbocycles. The van der Waals surface area contributed by atoms with E-state index in [1.807, 2.05) is 43.3 Å². The fraction of sp³-hybridized carbons (Fsp3) is 0.417. The maximum atomic E-state index is 11.7. The van der Waals surface area contributed by atoms with Crippen molar-refractivity contribution < 1.29 is 4.79 Å². The Balaban J connectivity index is 2.42. The molecule has 4 nitrogen and oxygen atoms in total. The number of carbonyl (C=O) groups excluding carboxylic acids is 1. The lowest BCUT2D eigenvalue weighted by atomic mass is 10.3. The van der Waals surface area contributed by atoms with Crippen molar-refractivity contribution in [2.45, 2.75) is 0 Å². The van der Waals surface area contributed by atoms with Crippen molar-refractivity contribution >= 4 is 27.5 Å². The molecule has 0 heterocycles. The summed E-state index contributed by atoms with van der Waals surface area (Å²) >= 11 is 3.39. The van der Waals surface area contributed by atoms with Crippen LogP contribution < -0.4 is 10.6 Å². The van der Waals surface area contributed by atoms with E-state index in [0.29, 0.717) is 6.54 Å². The van der Waals surface area contributed by atoms with Gasteiger partial charge in [0.1, 0.15) is 0 Å². The van der Waals surface area contributed by atoms with Gasteiger partial charge in [0, 0.05) is 17.6 Å². The van der Waals surface area contributed by atoms with E-state index in [1.54, 1.807) is 0 Å². The molecule has 0 aliphatic heterocycles. The molecule has 0 unspecified atom stereocenters. The number of hydrogen-bond acceptors (Lipinski definition) is 3. The van der Waals surface area contributed by atoms with Crippen molar-refractivity contribution in [3.8, 4) is 0 Å². The van der Waals surface area contributed by atoms with Crippen LogP contribution in [0.1, 0.15) is 0 Å². The lowest BCUT2D eigenvalue weighted by molar-refractivity contribution is -0.117. The second-order valence-electron chi connectivity index (χ2n) is 3.87. The Bertz CT molecular complexity index is 371. The number of halogens is 1. The summed E-state index contributed by atoms with van der Waals surface area (Å²) in [6, 6.07) is 7.58. The largest absolute Gasteiger partial charge is 0.324 e. The predicted molar refractivity (Wildman–Crippen MR) is 74.2 cm³/mol. The number of nitrogens with one attached hydrogen (secondary N) is 2. The Hall–Kier alpha value is -0.910. The van der Waals surface area contributed by atoms with Crippen LogP contribution in [0.25, 0.3) is 0 Å².